The van der Waals surface area contributed by atoms with Crippen LogP contribution in [0.15, 0.2) is 48.2 Å². The van der Waals surface area contributed by atoms with Gasteiger partial charge in [-0.1, -0.05) is 26.0 Å². The van der Waals surface area contributed by atoms with Gasteiger partial charge in [0.1, 0.15) is 5.82 Å². The molecule has 1 aliphatic rings. The second kappa shape index (κ2) is 8.10. The number of carboxylic acids is 1. The van der Waals surface area contributed by atoms with Crippen molar-refractivity contribution in [2.45, 2.75) is 39.0 Å². The van der Waals surface area contributed by atoms with E-state index in [-0.39, 0.29) is 23.8 Å². The number of carbonyl (C=O) groups excluding carboxylic acids is 2. The number of rotatable bonds is 5. The minimum Gasteiger partial charge on any atom is -0.478 e. The van der Waals surface area contributed by atoms with Crippen molar-refractivity contribution in [1.82, 2.24) is 0 Å². The van der Waals surface area contributed by atoms with Crippen molar-refractivity contribution >= 4 is 23.5 Å². The number of hydrogen-bond donors (Lipinski definition) is 2. The van der Waals surface area contributed by atoms with Crippen molar-refractivity contribution in [1.29, 1.82) is 0 Å². The number of nitrogens with two attached hydrogens (primary N) is 1. The molecular formula is C23H23FN2O4. The molecule has 0 spiro atoms. The average Bonchev–Trinajstić information content (AvgIpc) is 2.66. The van der Waals surface area contributed by atoms with Crippen LogP contribution in [0.25, 0.3) is 0 Å². The van der Waals surface area contributed by atoms with Crippen LogP contribution in [0.3, 0.4) is 0 Å². The van der Waals surface area contributed by atoms with Crippen molar-refractivity contribution in [3.05, 3.63) is 76.2 Å². The second-order valence-corrected chi connectivity index (χ2v) is 7.71. The number of anilines is 1. The molecule has 3 N–H and O–H groups in total. The number of benzene rings is 2. The van der Waals surface area contributed by atoms with Crippen molar-refractivity contribution in [3.63, 3.8) is 0 Å². The van der Waals surface area contributed by atoms with Crippen LogP contribution in [0.4, 0.5) is 10.1 Å². The van der Waals surface area contributed by atoms with Gasteiger partial charge in [0, 0.05) is 24.1 Å². The van der Waals surface area contributed by atoms with Crippen LogP contribution in [0, 0.1) is 12.7 Å². The van der Waals surface area contributed by atoms with Crippen LogP contribution in [-0.4, -0.2) is 22.9 Å². The lowest BCUT2D eigenvalue weighted by molar-refractivity contribution is -0.133. The van der Waals surface area contributed by atoms with Crippen LogP contribution in [0.1, 0.15) is 59.2 Å². The van der Waals surface area contributed by atoms with E-state index in [9.17, 15) is 23.9 Å². The number of halogens is 1. The minimum absolute atomic E-state index is 0.00784. The maximum absolute atomic E-state index is 13.7. The molecule has 1 heterocycles. The molecule has 1 aliphatic heterocycles. The Labute approximate surface area is 173 Å². The predicted molar refractivity (Wildman–Crippen MR) is 111 cm³/mol. The molecule has 6 nitrogen and oxygen atoms in total. The highest BCUT2D eigenvalue weighted by Crippen LogP contribution is 2.38. The molecule has 0 unspecified atom stereocenters. The molecule has 0 saturated heterocycles. The Balaban J connectivity index is 2.16. The van der Waals surface area contributed by atoms with Gasteiger partial charge in [-0.25, -0.2) is 9.18 Å². The van der Waals surface area contributed by atoms with Gasteiger partial charge >= 0.3 is 5.97 Å². The normalized spacial score (nSPS) is 16.6. The Bertz CT molecular complexity index is 1070. The summed E-state index contributed by atoms with van der Waals surface area (Å²) in [5.74, 6) is -3.36. The monoisotopic (exact) mass is 410 g/mol. The van der Waals surface area contributed by atoms with E-state index < -0.39 is 23.6 Å². The molecule has 7 heteroatoms. The van der Waals surface area contributed by atoms with E-state index >= 15 is 0 Å². The highest BCUT2D eigenvalue weighted by Gasteiger charge is 2.34. The number of aliphatic carboxylic acids is 1. The lowest BCUT2D eigenvalue weighted by Crippen LogP contribution is -2.35. The molecule has 0 saturated carbocycles. The summed E-state index contributed by atoms with van der Waals surface area (Å²) in [7, 11) is 0. The van der Waals surface area contributed by atoms with Crippen molar-refractivity contribution in [2.75, 3.05) is 4.90 Å². The van der Waals surface area contributed by atoms with Crippen LogP contribution >= 0.6 is 0 Å². The smallest absolute Gasteiger partial charge is 0.333 e. The van der Waals surface area contributed by atoms with E-state index in [0.29, 0.717) is 27.9 Å². The van der Waals surface area contributed by atoms with Gasteiger partial charge in [-0.2, -0.15) is 0 Å². The molecule has 2 aromatic carbocycles. The minimum atomic E-state index is -1.18. The zero-order valence-electron chi connectivity index (χ0n) is 17.0. The third kappa shape index (κ3) is 3.96. The lowest BCUT2D eigenvalue weighted by Gasteiger charge is -2.32. The van der Waals surface area contributed by atoms with E-state index in [0.717, 1.165) is 0 Å². The first-order chi connectivity index (χ1) is 14.1. The summed E-state index contributed by atoms with van der Waals surface area (Å²) >= 11 is 0. The lowest BCUT2D eigenvalue weighted by atomic mass is 9.85. The van der Waals surface area contributed by atoms with Crippen LogP contribution in [0.5, 0.6) is 0 Å². The molecular weight excluding hydrogens is 387 g/mol. The predicted octanol–water partition coefficient (Wildman–Crippen LogP) is 3.85. The number of carboxylic acid groups (broad SMARTS) is 1. The van der Waals surface area contributed by atoms with Crippen LogP contribution < -0.4 is 10.6 Å². The molecule has 156 valence electrons. The SMILES string of the molecule is Cc1cc(N2C=C(C(=O)O)[C@H](c3cccc(F)c3)CC2=O)c(C(C)C)cc1C(N)=O. The number of carbonyl (C=O) groups is 3. The van der Waals surface area contributed by atoms with Gasteiger partial charge in [-0.3, -0.25) is 14.5 Å². The molecule has 0 aromatic heterocycles. The number of primary amides is 1. The molecule has 0 bridgehead atoms. The van der Waals surface area contributed by atoms with E-state index in [1.807, 2.05) is 13.8 Å². The van der Waals surface area contributed by atoms with Crippen LogP contribution in [-0.2, 0) is 9.59 Å². The van der Waals surface area contributed by atoms with E-state index in [2.05, 4.69) is 0 Å². The fourth-order valence-corrected chi connectivity index (χ4v) is 3.76. The maximum atomic E-state index is 13.7. The molecule has 3 rings (SSSR count). The van der Waals surface area contributed by atoms with Gasteiger partial charge in [-0.15, -0.1) is 0 Å². The zero-order valence-corrected chi connectivity index (χ0v) is 17.0. The number of hydrogen-bond acceptors (Lipinski definition) is 3. The van der Waals surface area contributed by atoms with E-state index in [4.69, 9.17) is 5.73 Å². The summed E-state index contributed by atoms with van der Waals surface area (Å²) in [5, 5.41) is 9.78. The Morgan fingerprint density at radius 1 is 1.23 bits per heavy atom. The Morgan fingerprint density at radius 3 is 2.50 bits per heavy atom. The number of aryl methyl sites for hydroxylation is 1. The Morgan fingerprint density at radius 2 is 1.93 bits per heavy atom. The third-order valence-electron chi connectivity index (χ3n) is 5.31. The van der Waals surface area contributed by atoms with E-state index in [1.165, 1.54) is 29.3 Å². The van der Waals surface area contributed by atoms with E-state index in [1.54, 1.807) is 25.1 Å². The first-order valence-corrected chi connectivity index (χ1v) is 9.57. The largest absolute Gasteiger partial charge is 0.478 e. The molecule has 2 aromatic rings. The first-order valence-electron chi connectivity index (χ1n) is 9.57. The van der Waals surface area contributed by atoms with Gasteiger partial charge in [0.2, 0.25) is 11.8 Å². The summed E-state index contributed by atoms with van der Waals surface area (Å²) in [5.41, 5.74) is 8.03. The second-order valence-electron chi connectivity index (χ2n) is 7.71. The quantitative estimate of drug-likeness (QED) is 0.782. The van der Waals surface area contributed by atoms with Gasteiger partial charge in [0.05, 0.1) is 11.3 Å². The highest BCUT2D eigenvalue weighted by atomic mass is 19.1. The number of amides is 2. The van der Waals surface area contributed by atoms with Crippen molar-refractivity contribution in [3.8, 4) is 0 Å². The summed E-state index contributed by atoms with van der Waals surface area (Å²) in [6.45, 7) is 5.52. The molecule has 0 radical (unpaired) electrons. The van der Waals surface area contributed by atoms with Gasteiger partial charge in [0.15, 0.2) is 0 Å². The molecule has 2 amide bonds. The molecule has 0 fully saturated rings. The summed E-state index contributed by atoms with van der Waals surface area (Å²) in [6, 6.07) is 8.94. The third-order valence-corrected chi connectivity index (χ3v) is 5.31. The average molecular weight is 410 g/mol. The van der Waals surface area contributed by atoms with Gasteiger partial charge < -0.3 is 10.8 Å². The molecule has 30 heavy (non-hydrogen) atoms. The standard InChI is InChI=1S/C23H23FN2O4/c1-12(2)16-9-17(22(25)28)13(3)7-20(16)26-11-19(23(29)30)18(10-21(26)27)14-5-4-6-15(24)8-14/h4-9,11-12,18H,10H2,1-3H3,(H2,25,28)(H,29,30)/t18-/m0/s1. The molecule has 0 aliphatic carbocycles. The highest BCUT2D eigenvalue weighted by molar-refractivity contribution is 6.03. The van der Waals surface area contributed by atoms with Crippen molar-refractivity contribution in [2.24, 2.45) is 5.73 Å². The summed E-state index contributed by atoms with van der Waals surface area (Å²) in [4.78, 5) is 38.1. The fourth-order valence-electron chi connectivity index (χ4n) is 3.76. The summed E-state index contributed by atoms with van der Waals surface area (Å²) < 4.78 is 13.7. The Hall–Kier alpha value is -3.48. The van der Waals surface area contributed by atoms with Gasteiger partial charge in [0.25, 0.3) is 0 Å². The zero-order chi connectivity index (χ0) is 22.2. The Kier molecular flexibility index (Phi) is 5.73. The topological polar surface area (TPSA) is 101 Å². The maximum Gasteiger partial charge on any atom is 0.333 e. The number of nitrogens with zero attached hydrogens (tertiary/aromatic N) is 1. The van der Waals surface area contributed by atoms with Crippen molar-refractivity contribution < 1.29 is 23.9 Å². The summed E-state index contributed by atoms with van der Waals surface area (Å²) in [6.07, 6.45) is 1.18. The van der Waals surface area contributed by atoms with Gasteiger partial charge in [-0.05, 0) is 53.8 Å². The first kappa shape index (κ1) is 21.2. The van der Waals surface area contributed by atoms with Crippen LogP contribution in [0.2, 0.25) is 0 Å². The fraction of sp³-hybridized carbons (Fsp3) is 0.261. The molecule has 1 atom stereocenters.